The monoisotopic (exact) mass is 370 g/mol. The summed E-state index contributed by atoms with van der Waals surface area (Å²) in [5.74, 6) is 0.128. The Morgan fingerprint density at radius 1 is 1.35 bits per heavy atom. The zero-order valence-corrected chi connectivity index (χ0v) is 15.5. The molecule has 7 heteroatoms. The van der Waals surface area contributed by atoms with Gasteiger partial charge in [0.05, 0.1) is 24.2 Å². The van der Waals surface area contributed by atoms with Crippen molar-refractivity contribution in [2.24, 2.45) is 5.92 Å². The van der Waals surface area contributed by atoms with Crippen molar-refractivity contribution in [3.05, 3.63) is 41.4 Å². The molecule has 1 aromatic heterocycles. The van der Waals surface area contributed by atoms with E-state index in [1.54, 1.807) is 16.2 Å². The molecule has 0 spiro atoms. The number of rotatable bonds is 3. The maximum absolute atomic E-state index is 12.7. The van der Waals surface area contributed by atoms with E-state index in [9.17, 15) is 9.59 Å². The number of carbonyl (C=O) groups excluding carboxylic acids is 2. The van der Waals surface area contributed by atoms with Crippen LogP contribution in [0.3, 0.4) is 0 Å². The molecule has 0 saturated carbocycles. The minimum absolute atomic E-state index is 0.00318. The summed E-state index contributed by atoms with van der Waals surface area (Å²) in [5.41, 5.74) is 1.94. The number of likely N-dealkylation sites (tertiary alicyclic amines) is 2. The van der Waals surface area contributed by atoms with E-state index < -0.39 is 0 Å². The second-order valence-electron chi connectivity index (χ2n) is 6.90. The fourth-order valence-corrected chi connectivity index (χ4v) is 4.67. The van der Waals surface area contributed by atoms with Gasteiger partial charge in [-0.15, -0.1) is 11.3 Å². The fourth-order valence-electron chi connectivity index (χ4n) is 3.85. The summed E-state index contributed by atoms with van der Waals surface area (Å²) in [6, 6.07) is 9.92. The molecule has 0 bridgehead atoms. The Morgan fingerprint density at radius 3 is 2.96 bits per heavy atom. The fraction of sp³-hybridized carbons (Fsp3) is 0.421. The van der Waals surface area contributed by atoms with Crippen LogP contribution in [0.2, 0.25) is 0 Å². The highest BCUT2D eigenvalue weighted by Crippen LogP contribution is 2.31. The van der Waals surface area contributed by atoms with Gasteiger partial charge in [0.15, 0.2) is 0 Å². The van der Waals surface area contributed by atoms with E-state index >= 15 is 0 Å². The largest absolute Gasteiger partial charge is 0.343 e. The van der Waals surface area contributed by atoms with Crippen LogP contribution in [0.4, 0.5) is 4.79 Å². The standard InChI is InChI=1S/C19H22N4O2S/c1-22-11-16-15(18(22)24)8-5-9-23(16)19(25)20-10-14-12-26-17(21-14)13-6-3-2-4-7-13/h2-4,6-7,12,15-16H,5,8-11H2,1H3,(H,20,25)/t15-,16-/m1/s1. The minimum atomic E-state index is -0.0999. The van der Waals surface area contributed by atoms with Gasteiger partial charge < -0.3 is 15.1 Å². The van der Waals surface area contributed by atoms with Gasteiger partial charge in [0, 0.05) is 31.1 Å². The van der Waals surface area contributed by atoms with Crippen LogP contribution in [-0.2, 0) is 11.3 Å². The lowest BCUT2D eigenvalue weighted by atomic mass is 9.92. The number of amides is 3. The summed E-state index contributed by atoms with van der Waals surface area (Å²) in [6.07, 6.45) is 1.76. The summed E-state index contributed by atoms with van der Waals surface area (Å²) in [4.78, 5) is 33.0. The molecule has 0 radical (unpaired) electrons. The molecule has 0 aliphatic carbocycles. The predicted molar refractivity (Wildman–Crippen MR) is 101 cm³/mol. The smallest absolute Gasteiger partial charge is 0.318 e. The van der Waals surface area contributed by atoms with Gasteiger partial charge in [-0.25, -0.2) is 9.78 Å². The molecular weight excluding hydrogens is 348 g/mol. The number of thiazole rings is 1. The van der Waals surface area contributed by atoms with Crippen LogP contribution in [0.1, 0.15) is 18.5 Å². The molecule has 136 valence electrons. The Balaban J connectivity index is 1.38. The van der Waals surface area contributed by atoms with E-state index in [4.69, 9.17) is 0 Å². The summed E-state index contributed by atoms with van der Waals surface area (Å²) in [5, 5.41) is 5.91. The number of fused-ring (bicyclic) bond motifs is 1. The third-order valence-corrected chi connectivity index (χ3v) is 6.13. The van der Waals surface area contributed by atoms with Crippen molar-refractivity contribution in [2.75, 3.05) is 20.1 Å². The molecule has 26 heavy (non-hydrogen) atoms. The van der Waals surface area contributed by atoms with Crippen molar-refractivity contribution in [2.45, 2.75) is 25.4 Å². The predicted octanol–water partition coefficient (Wildman–Crippen LogP) is 2.57. The number of urea groups is 1. The topological polar surface area (TPSA) is 65.5 Å². The Morgan fingerprint density at radius 2 is 2.15 bits per heavy atom. The Kier molecular flexibility index (Phi) is 4.63. The number of nitrogens with zero attached hydrogens (tertiary/aromatic N) is 3. The van der Waals surface area contributed by atoms with E-state index in [1.807, 2.05) is 47.7 Å². The van der Waals surface area contributed by atoms with Crippen LogP contribution in [0, 0.1) is 5.92 Å². The molecular formula is C19H22N4O2S. The zero-order valence-electron chi connectivity index (χ0n) is 14.7. The molecule has 2 aliphatic heterocycles. The van der Waals surface area contributed by atoms with Crippen LogP contribution in [0.5, 0.6) is 0 Å². The van der Waals surface area contributed by atoms with Crippen molar-refractivity contribution in [1.82, 2.24) is 20.1 Å². The number of carbonyl (C=O) groups is 2. The summed E-state index contributed by atoms with van der Waals surface area (Å²) in [6.45, 7) is 1.74. The summed E-state index contributed by atoms with van der Waals surface area (Å²) in [7, 11) is 1.82. The second kappa shape index (κ2) is 7.07. The highest BCUT2D eigenvalue weighted by molar-refractivity contribution is 7.13. The average molecular weight is 370 g/mol. The molecule has 0 unspecified atom stereocenters. The third-order valence-electron chi connectivity index (χ3n) is 5.19. The van der Waals surface area contributed by atoms with Crippen LogP contribution in [0.15, 0.2) is 35.7 Å². The van der Waals surface area contributed by atoms with Crippen molar-refractivity contribution < 1.29 is 9.59 Å². The highest BCUT2D eigenvalue weighted by atomic mass is 32.1. The first kappa shape index (κ1) is 17.0. The SMILES string of the molecule is CN1C[C@@H]2[C@@H](CCCN2C(=O)NCc2csc(-c3ccccc3)n2)C1=O. The third kappa shape index (κ3) is 3.19. The molecule has 3 amide bonds. The molecule has 3 heterocycles. The van der Waals surface area contributed by atoms with Crippen molar-refractivity contribution in [3.63, 3.8) is 0 Å². The molecule has 2 aromatic rings. The maximum atomic E-state index is 12.7. The van der Waals surface area contributed by atoms with Crippen molar-refractivity contribution in [3.8, 4) is 10.6 Å². The molecule has 1 aromatic carbocycles. The molecule has 4 rings (SSSR count). The van der Waals surface area contributed by atoms with Gasteiger partial charge in [0.25, 0.3) is 0 Å². The van der Waals surface area contributed by atoms with E-state index in [2.05, 4.69) is 10.3 Å². The molecule has 2 saturated heterocycles. The van der Waals surface area contributed by atoms with Crippen LogP contribution in [0.25, 0.3) is 10.6 Å². The van der Waals surface area contributed by atoms with E-state index in [0.29, 0.717) is 19.6 Å². The van der Waals surface area contributed by atoms with E-state index in [1.165, 1.54) is 0 Å². The molecule has 2 aliphatic rings. The lowest BCUT2D eigenvalue weighted by Gasteiger charge is -2.35. The van der Waals surface area contributed by atoms with Crippen LogP contribution < -0.4 is 5.32 Å². The van der Waals surface area contributed by atoms with Crippen LogP contribution >= 0.6 is 11.3 Å². The lowest BCUT2D eigenvalue weighted by molar-refractivity contribution is -0.130. The van der Waals surface area contributed by atoms with Crippen molar-refractivity contribution in [1.29, 1.82) is 0 Å². The first-order valence-electron chi connectivity index (χ1n) is 8.93. The molecule has 2 atom stereocenters. The molecule has 2 fully saturated rings. The number of nitrogens with one attached hydrogen (secondary N) is 1. The van der Waals surface area contributed by atoms with Gasteiger partial charge in [0.2, 0.25) is 5.91 Å². The first-order chi connectivity index (χ1) is 12.6. The zero-order chi connectivity index (χ0) is 18.1. The lowest BCUT2D eigenvalue weighted by Crippen LogP contribution is -2.52. The van der Waals surface area contributed by atoms with Gasteiger partial charge in [-0.1, -0.05) is 30.3 Å². The number of likely N-dealkylation sites (N-methyl/N-ethyl adjacent to an activating group) is 1. The minimum Gasteiger partial charge on any atom is -0.343 e. The Labute approximate surface area is 156 Å². The number of piperidine rings is 1. The number of aromatic nitrogens is 1. The molecule has 6 nitrogen and oxygen atoms in total. The van der Waals surface area contributed by atoms with Crippen LogP contribution in [-0.4, -0.2) is 52.9 Å². The Hall–Kier alpha value is -2.41. The average Bonchev–Trinajstić information content (AvgIpc) is 3.26. The van der Waals surface area contributed by atoms with Gasteiger partial charge in [-0.2, -0.15) is 0 Å². The number of benzene rings is 1. The second-order valence-corrected chi connectivity index (χ2v) is 7.76. The molecule has 1 N–H and O–H groups in total. The maximum Gasteiger partial charge on any atom is 0.318 e. The highest BCUT2D eigenvalue weighted by Gasteiger charge is 2.45. The van der Waals surface area contributed by atoms with Gasteiger partial charge >= 0.3 is 6.03 Å². The normalized spacial score (nSPS) is 22.4. The number of hydrogen-bond donors (Lipinski definition) is 1. The van der Waals surface area contributed by atoms with Crippen molar-refractivity contribution >= 4 is 23.3 Å². The van der Waals surface area contributed by atoms with Gasteiger partial charge in [-0.05, 0) is 12.8 Å². The van der Waals surface area contributed by atoms with E-state index in [0.717, 1.165) is 29.1 Å². The van der Waals surface area contributed by atoms with Gasteiger partial charge in [0.1, 0.15) is 5.01 Å². The van der Waals surface area contributed by atoms with Gasteiger partial charge in [-0.3, -0.25) is 4.79 Å². The number of hydrogen-bond acceptors (Lipinski definition) is 4. The first-order valence-corrected chi connectivity index (χ1v) is 9.80. The van der Waals surface area contributed by atoms with E-state index in [-0.39, 0.29) is 23.9 Å². The summed E-state index contributed by atoms with van der Waals surface area (Å²) < 4.78 is 0. The summed E-state index contributed by atoms with van der Waals surface area (Å²) >= 11 is 1.58. The Bertz CT molecular complexity index is 807. The quantitative estimate of drug-likeness (QED) is 0.903.